The number of carboxylic acid groups (broad SMARTS) is 1. The molecule has 170 valence electrons. The second-order valence-electron chi connectivity index (χ2n) is 9.11. The summed E-state index contributed by atoms with van der Waals surface area (Å²) in [6.07, 6.45) is 2.14. The third-order valence-electron chi connectivity index (χ3n) is 5.99. The first kappa shape index (κ1) is 21.7. The first-order valence-electron chi connectivity index (χ1n) is 11.0. The Bertz CT molecular complexity index is 1440. The van der Waals surface area contributed by atoms with Crippen LogP contribution >= 0.6 is 0 Å². The number of benzene rings is 3. The van der Waals surface area contributed by atoms with Gasteiger partial charge in [0.15, 0.2) is 0 Å². The van der Waals surface area contributed by atoms with Crippen LogP contribution in [-0.4, -0.2) is 16.6 Å². The Morgan fingerprint density at radius 3 is 2.15 bits per heavy atom. The predicted molar refractivity (Wildman–Crippen MR) is 129 cm³/mol. The van der Waals surface area contributed by atoms with E-state index in [-0.39, 0.29) is 0 Å². The highest BCUT2D eigenvalue weighted by molar-refractivity contribution is 5.88. The summed E-state index contributed by atoms with van der Waals surface area (Å²) >= 11 is 0. The zero-order valence-electron chi connectivity index (χ0n) is 19.1. The summed E-state index contributed by atoms with van der Waals surface area (Å²) in [4.78, 5) is 14.3. The highest BCUT2D eigenvalue weighted by Crippen LogP contribution is 2.41. The molecule has 0 unspecified atom stereocenters. The lowest BCUT2D eigenvalue weighted by molar-refractivity contribution is -0.255. The molecule has 34 heavy (non-hydrogen) atoms. The normalized spacial score (nSPS) is 14.2. The summed E-state index contributed by atoms with van der Waals surface area (Å²) in [5.74, 6) is -1.54. The number of fused-ring (bicyclic) bond motifs is 1. The first-order chi connectivity index (χ1) is 16.2. The highest BCUT2D eigenvalue weighted by atomic mass is 19.1. The Kier molecular flexibility index (Phi) is 5.13. The van der Waals surface area contributed by atoms with Gasteiger partial charge in [0.25, 0.3) is 0 Å². The first-order valence-corrected chi connectivity index (χ1v) is 11.0. The predicted octanol–water partition coefficient (Wildman–Crippen LogP) is 5.76. The molecule has 1 aliphatic heterocycles. The van der Waals surface area contributed by atoms with Crippen LogP contribution in [0.5, 0.6) is 5.75 Å². The zero-order chi connectivity index (χ0) is 24.0. The lowest BCUT2D eigenvalue weighted by Crippen LogP contribution is -2.29. The molecule has 0 aliphatic carbocycles. The summed E-state index contributed by atoms with van der Waals surface area (Å²) in [6.45, 7) is 6.15. The van der Waals surface area contributed by atoms with E-state index in [2.05, 4.69) is 48.3 Å². The Balaban J connectivity index is 1.54. The minimum atomic E-state index is -1.53. The number of aryl methyl sites for hydroxylation is 1. The molecule has 0 saturated heterocycles. The van der Waals surface area contributed by atoms with Gasteiger partial charge in [0.05, 0.1) is 5.97 Å². The monoisotopic (exact) mass is 452 g/mol. The highest BCUT2D eigenvalue weighted by Gasteiger charge is 2.27. The fourth-order valence-electron chi connectivity index (χ4n) is 4.29. The number of H-pyrrole nitrogens is 1. The summed E-state index contributed by atoms with van der Waals surface area (Å²) in [6, 6.07) is 22.2. The molecule has 0 amide bonds. The van der Waals surface area contributed by atoms with Crippen LogP contribution < -0.4 is 9.84 Å². The fraction of sp³-hybridized carbons (Fsp3) is 0.138. The molecule has 0 saturated carbocycles. The van der Waals surface area contributed by atoms with E-state index in [4.69, 9.17) is 4.74 Å². The minimum absolute atomic E-state index is 0.434. The molecule has 0 fully saturated rings. The van der Waals surface area contributed by atoms with Crippen LogP contribution in [0.25, 0.3) is 28.1 Å². The van der Waals surface area contributed by atoms with Crippen molar-refractivity contribution in [3.05, 3.63) is 107 Å². The van der Waals surface area contributed by atoms with Gasteiger partial charge in [0, 0.05) is 28.1 Å². The van der Waals surface area contributed by atoms with Gasteiger partial charge in [-0.2, -0.15) is 0 Å². The quantitative estimate of drug-likeness (QED) is 0.428. The molecule has 5 rings (SSSR count). The number of carboxylic acids is 1. The van der Waals surface area contributed by atoms with Gasteiger partial charge in [-0.05, 0) is 86.0 Å². The standard InChI is InChI=1S/C29H24FNO3/c1-17-4-6-18(7-5-17)23-16-29(2,3)34-27-13-9-19(14-22(23)27)25-11-12-26(31-25)20-8-10-21(28(32)33)24(30)15-20/h4-16,31H,1-3H3,(H,32,33)/p-1. The van der Waals surface area contributed by atoms with Gasteiger partial charge >= 0.3 is 0 Å². The Morgan fingerprint density at radius 2 is 1.50 bits per heavy atom. The van der Waals surface area contributed by atoms with Gasteiger partial charge in [-0.1, -0.05) is 35.9 Å². The summed E-state index contributed by atoms with van der Waals surface area (Å²) in [7, 11) is 0. The van der Waals surface area contributed by atoms with Crippen LogP contribution in [0.1, 0.15) is 40.9 Å². The van der Waals surface area contributed by atoms with E-state index in [1.54, 1.807) is 6.07 Å². The van der Waals surface area contributed by atoms with Gasteiger partial charge in [-0.15, -0.1) is 0 Å². The molecular weight excluding hydrogens is 429 g/mol. The van der Waals surface area contributed by atoms with E-state index < -0.39 is 23.0 Å². The van der Waals surface area contributed by atoms with Crippen molar-refractivity contribution in [1.29, 1.82) is 0 Å². The van der Waals surface area contributed by atoms with E-state index in [0.29, 0.717) is 11.3 Å². The summed E-state index contributed by atoms with van der Waals surface area (Å²) in [5.41, 5.74) is 6.60. The molecule has 1 N–H and O–H groups in total. The number of aromatic nitrogens is 1. The minimum Gasteiger partial charge on any atom is -0.545 e. The number of hydrogen-bond donors (Lipinski definition) is 1. The molecule has 2 heterocycles. The Hall–Kier alpha value is -4.12. The molecule has 3 aromatic carbocycles. The maximum absolute atomic E-state index is 14.1. The lowest BCUT2D eigenvalue weighted by Gasteiger charge is -2.31. The molecule has 4 nitrogen and oxygen atoms in total. The number of hydrogen-bond acceptors (Lipinski definition) is 3. The molecule has 4 aromatic rings. The third kappa shape index (κ3) is 4.01. The molecule has 0 spiro atoms. The maximum atomic E-state index is 14.1. The average Bonchev–Trinajstić information content (AvgIpc) is 3.28. The number of aromatic amines is 1. The number of carbonyl (C=O) groups is 1. The van der Waals surface area contributed by atoms with Crippen molar-refractivity contribution in [3.63, 3.8) is 0 Å². The van der Waals surface area contributed by atoms with Gasteiger partial charge < -0.3 is 19.6 Å². The van der Waals surface area contributed by atoms with E-state index >= 15 is 0 Å². The van der Waals surface area contributed by atoms with Crippen LogP contribution in [0.2, 0.25) is 0 Å². The van der Waals surface area contributed by atoms with Crippen LogP contribution in [0.15, 0.2) is 78.9 Å². The van der Waals surface area contributed by atoms with Crippen LogP contribution in [0.3, 0.4) is 0 Å². The average molecular weight is 453 g/mol. The molecule has 1 aliphatic rings. The Labute approximate surface area is 197 Å². The Morgan fingerprint density at radius 1 is 0.882 bits per heavy atom. The van der Waals surface area contributed by atoms with Crippen molar-refractivity contribution in [3.8, 4) is 28.3 Å². The van der Waals surface area contributed by atoms with E-state index in [1.807, 2.05) is 38.1 Å². The number of carbonyl (C=O) groups excluding carboxylic acids is 1. The van der Waals surface area contributed by atoms with E-state index in [9.17, 15) is 14.3 Å². The molecular formula is C29H23FNO3-. The summed E-state index contributed by atoms with van der Waals surface area (Å²) in [5, 5.41) is 11.0. The zero-order valence-corrected chi connectivity index (χ0v) is 19.1. The molecule has 1 aromatic heterocycles. The second kappa shape index (κ2) is 8.03. The lowest BCUT2D eigenvalue weighted by atomic mass is 9.88. The van der Waals surface area contributed by atoms with Crippen LogP contribution in [0, 0.1) is 12.7 Å². The van der Waals surface area contributed by atoms with Crippen molar-refractivity contribution in [1.82, 2.24) is 4.98 Å². The second-order valence-corrected chi connectivity index (χ2v) is 9.11. The molecule has 0 bridgehead atoms. The number of aromatic carboxylic acids is 1. The van der Waals surface area contributed by atoms with Crippen LogP contribution in [-0.2, 0) is 0 Å². The van der Waals surface area contributed by atoms with Gasteiger partial charge in [-0.25, -0.2) is 4.39 Å². The number of halogens is 1. The largest absolute Gasteiger partial charge is 0.545 e. The number of rotatable bonds is 4. The topological polar surface area (TPSA) is 65.2 Å². The number of nitrogens with one attached hydrogen (secondary N) is 1. The van der Waals surface area contributed by atoms with Crippen molar-refractivity contribution >= 4 is 11.5 Å². The SMILES string of the molecule is Cc1ccc(C2=CC(C)(C)Oc3ccc(-c4ccc(-c5ccc(C(=O)[O-])c(F)c5)[nH]4)cc32)cc1. The van der Waals surface area contributed by atoms with Crippen molar-refractivity contribution in [2.24, 2.45) is 0 Å². The summed E-state index contributed by atoms with van der Waals surface area (Å²) < 4.78 is 20.4. The molecule has 5 heteroatoms. The number of ether oxygens (including phenoxy) is 1. The van der Waals surface area contributed by atoms with Crippen molar-refractivity contribution < 1.29 is 19.0 Å². The van der Waals surface area contributed by atoms with Crippen molar-refractivity contribution in [2.45, 2.75) is 26.4 Å². The van der Waals surface area contributed by atoms with Crippen molar-refractivity contribution in [2.75, 3.05) is 0 Å². The van der Waals surface area contributed by atoms with Gasteiger partial charge in [0.1, 0.15) is 17.2 Å². The van der Waals surface area contributed by atoms with Gasteiger partial charge in [-0.3, -0.25) is 0 Å². The molecule has 0 atom stereocenters. The maximum Gasteiger partial charge on any atom is 0.132 e. The smallest absolute Gasteiger partial charge is 0.132 e. The van der Waals surface area contributed by atoms with Gasteiger partial charge in [0.2, 0.25) is 0 Å². The van der Waals surface area contributed by atoms with E-state index in [0.717, 1.165) is 33.7 Å². The molecule has 0 radical (unpaired) electrons. The van der Waals surface area contributed by atoms with E-state index in [1.165, 1.54) is 17.7 Å². The fourth-order valence-corrected chi connectivity index (χ4v) is 4.29. The third-order valence-corrected chi connectivity index (χ3v) is 5.99. The van der Waals surface area contributed by atoms with Crippen LogP contribution in [0.4, 0.5) is 4.39 Å².